The highest BCUT2D eigenvalue weighted by molar-refractivity contribution is 6.49. The number of benzene rings is 1. The molecule has 0 unspecified atom stereocenters. The average molecular weight is 286 g/mol. The molecule has 0 aliphatic carbocycles. The number of hydrogen-bond donors (Lipinski definition) is 3. The number of carbonyl (C=O) groups excluding carboxylic acids is 3. The summed E-state index contributed by atoms with van der Waals surface area (Å²) in [6.45, 7) is 0.292. The van der Waals surface area contributed by atoms with E-state index in [-0.39, 0.29) is 23.8 Å². The van der Waals surface area contributed by atoms with Crippen LogP contribution in [0.2, 0.25) is 0 Å². The van der Waals surface area contributed by atoms with Gasteiger partial charge in [-0.25, -0.2) is 5.43 Å². The monoisotopic (exact) mass is 286 g/mol. The maximum atomic E-state index is 11.7. The van der Waals surface area contributed by atoms with Crippen LogP contribution in [0.3, 0.4) is 0 Å². The molecule has 21 heavy (non-hydrogen) atoms. The lowest BCUT2D eigenvalue weighted by Crippen LogP contribution is -2.33. The van der Waals surface area contributed by atoms with Gasteiger partial charge in [0.1, 0.15) is 5.71 Å². The summed E-state index contributed by atoms with van der Waals surface area (Å²) in [6.07, 6.45) is 2.68. The Labute approximate surface area is 120 Å². The Kier molecular flexibility index (Phi) is 4.57. The zero-order valence-electron chi connectivity index (χ0n) is 11.1. The molecule has 0 spiro atoms. The fourth-order valence-corrected chi connectivity index (χ4v) is 1.75. The molecule has 0 saturated heterocycles. The molecule has 1 heterocycles. The zero-order valence-corrected chi connectivity index (χ0v) is 11.1. The molecule has 0 aromatic heterocycles. The minimum atomic E-state index is -0.417. The fraction of sp³-hybridized carbons (Fsp3) is 0.143. The lowest BCUT2D eigenvalue weighted by Gasteiger charge is -2.11. The molecule has 0 atom stereocenters. The molecule has 1 aromatic carbocycles. The molecule has 7 nitrogen and oxygen atoms in total. The van der Waals surface area contributed by atoms with Gasteiger partial charge in [-0.2, -0.15) is 5.10 Å². The number of nitrogens with zero attached hydrogens (tertiary/aromatic N) is 1. The molecule has 2 rings (SSSR count). The van der Waals surface area contributed by atoms with Gasteiger partial charge in [-0.3, -0.25) is 14.4 Å². The Bertz CT molecular complexity index is 632. The van der Waals surface area contributed by atoms with E-state index in [4.69, 9.17) is 5.73 Å². The van der Waals surface area contributed by atoms with Crippen LogP contribution in [0.25, 0.3) is 0 Å². The quantitative estimate of drug-likeness (QED) is 0.531. The van der Waals surface area contributed by atoms with Crippen molar-refractivity contribution in [2.24, 2.45) is 10.8 Å². The van der Waals surface area contributed by atoms with Gasteiger partial charge in [-0.15, -0.1) is 0 Å². The summed E-state index contributed by atoms with van der Waals surface area (Å²) >= 11 is 0. The largest absolute Gasteiger partial charge is 0.327 e. The van der Waals surface area contributed by atoms with E-state index in [0.717, 1.165) is 0 Å². The number of amides is 2. The van der Waals surface area contributed by atoms with Crippen LogP contribution in [0.1, 0.15) is 12.0 Å². The first-order valence-corrected chi connectivity index (χ1v) is 6.28. The van der Waals surface area contributed by atoms with Crippen molar-refractivity contribution in [2.45, 2.75) is 6.42 Å². The number of nitrogens with two attached hydrogens (primary N) is 1. The zero-order chi connectivity index (χ0) is 15.2. The normalized spacial score (nSPS) is 14.8. The van der Waals surface area contributed by atoms with Crippen molar-refractivity contribution in [3.63, 3.8) is 0 Å². The first-order valence-electron chi connectivity index (χ1n) is 6.28. The minimum Gasteiger partial charge on any atom is -0.327 e. The molecule has 1 aromatic rings. The Hall–Kier alpha value is -2.80. The van der Waals surface area contributed by atoms with E-state index >= 15 is 0 Å². The molecule has 1 aliphatic heterocycles. The van der Waals surface area contributed by atoms with Crippen molar-refractivity contribution in [3.8, 4) is 0 Å². The number of Topliss-reactive ketones (excluding diaryl/α,β-unsaturated/α-hetero) is 1. The van der Waals surface area contributed by atoms with Crippen LogP contribution >= 0.6 is 0 Å². The standard InChI is InChI=1S/C14H14N4O3/c15-7-1-2-12(20)16-10-5-3-9(4-6-10)14-11(19)8-13(21)17-18-14/h1-6H,7-8,15H2,(H,16,20)(H,17,21)/b2-1+. The summed E-state index contributed by atoms with van der Waals surface area (Å²) in [5.41, 5.74) is 8.89. The molecule has 108 valence electrons. The molecule has 7 heteroatoms. The third kappa shape index (κ3) is 3.83. The lowest BCUT2D eigenvalue weighted by molar-refractivity contribution is -0.126. The SMILES string of the molecule is NC/C=C/C(=O)Nc1ccc(C2=NNC(=O)CC2=O)cc1. The Balaban J connectivity index is 2.09. The predicted octanol–water partition coefficient (Wildman–Crippen LogP) is -0.0669. The van der Waals surface area contributed by atoms with Gasteiger partial charge in [0.25, 0.3) is 0 Å². The second kappa shape index (κ2) is 6.58. The topological polar surface area (TPSA) is 114 Å². The van der Waals surface area contributed by atoms with Gasteiger partial charge in [0.05, 0.1) is 6.42 Å². The smallest absolute Gasteiger partial charge is 0.248 e. The van der Waals surface area contributed by atoms with Gasteiger partial charge >= 0.3 is 0 Å². The molecular weight excluding hydrogens is 272 g/mol. The highest BCUT2D eigenvalue weighted by atomic mass is 16.2. The van der Waals surface area contributed by atoms with Gasteiger partial charge in [0.2, 0.25) is 11.8 Å². The summed E-state index contributed by atoms with van der Waals surface area (Å²) in [5.74, 6) is -1.03. The van der Waals surface area contributed by atoms with Crippen LogP contribution in [0.5, 0.6) is 0 Å². The number of carbonyl (C=O) groups is 3. The molecule has 2 amide bonds. The molecule has 1 aliphatic rings. The molecule has 0 saturated carbocycles. The summed E-state index contributed by atoms with van der Waals surface area (Å²) in [7, 11) is 0. The van der Waals surface area contributed by atoms with Crippen LogP contribution in [0.15, 0.2) is 41.5 Å². The fourth-order valence-electron chi connectivity index (χ4n) is 1.75. The Morgan fingerprint density at radius 1 is 1.33 bits per heavy atom. The second-order valence-electron chi connectivity index (χ2n) is 4.30. The van der Waals surface area contributed by atoms with E-state index in [1.54, 1.807) is 30.3 Å². The third-order valence-electron chi connectivity index (χ3n) is 2.71. The van der Waals surface area contributed by atoms with E-state index in [1.165, 1.54) is 6.08 Å². The van der Waals surface area contributed by atoms with Crippen LogP contribution in [0, 0.1) is 0 Å². The van der Waals surface area contributed by atoms with Crippen molar-refractivity contribution < 1.29 is 14.4 Å². The van der Waals surface area contributed by atoms with Crippen LogP contribution in [-0.2, 0) is 14.4 Å². The van der Waals surface area contributed by atoms with Gasteiger partial charge in [0, 0.05) is 23.9 Å². The van der Waals surface area contributed by atoms with Gasteiger partial charge < -0.3 is 11.1 Å². The molecular formula is C14H14N4O3. The Morgan fingerprint density at radius 2 is 2.05 bits per heavy atom. The molecule has 0 radical (unpaired) electrons. The number of hydrazone groups is 1. The summed E-state index contributed by atoms with van der Waals surface area (Å²) in [6, 6.07) is 6.60. The first kappa shape index (κ1) is 14.6. The van der Waals surface area contributed by atoms with Crippen LogP contribution < -0.4 is 16.5 Å². The third-order valence-corrected chi connectivity index (χ3v) is 2.71. The van der Waals surface area contributed by atoms with Crippen LogP contribution in [0.4, 0.5) is 5.69 Å². The number of nitrogens with one attached hydrogen (secondary N) is 2. The summed E-state index contributed by atoms with van der Waals surface area (Å²) < 4.78 is 0. The number of rotatable bonds is 4. The maximum Gasteiger partial charge on any atom is 0.248 e. The summed E-state index contributed by atoms with van der Waals surface area (Å²) in [5, 5.41) is 6.40. The summed E-state index contributed by atoms with van der Waals surface area (Å²) in [4.78, 5) is 34.2. The van der Waals surface area contributed by atoms with Crippen molar-refractivity contribution in [3.05, 3.63) is 42.0 Å². The molecule has 0 fully saturated rings. The molecule has 4 N–H and O–H groups in total. The first-order chi connectivity index (χ1) is 10.1. The van der Waals surface area contributed by atoms with E-state index in [0.29, 0.717) is 17.8 Å². The minimum absolute atomic E-state index is 0.204. The maximum absolute atomic E-state index is 11.7. The number of hydrogen-bond acceptors (Lipinski definition) is 5. The number of ketones is 1. The van der Waals surface area contributed by atoms with Crippen molar-refractivity contribution >= 4 is 29.0 Å². The van der Waals surface area contributed by atoms with Crippen molar-refractivity contribution in [1.82, 2.24) is 5.43 Å². The van der Waals surface area contributed by atoms with E-state index < -0.39 is 5.91 Å². The van der Waals surface area contributed by atoms with Gasteiger partial charge in [0.15, 0.2) is 5.78 Å². The van der Waals surface area contributed by atoms with Crippen molar-refractivity contribution in [1.29, 1.82) is 0 Å². The predicted molar refractivity (Wildman–Crippen MR) is 77.6 cm³/mol. The highest BCUT2D eigenvalue weighted by Gasteiger charge is 2.22. The van der Waals surface area contributed by atoms with Gasteiger partial charge in [-0.1, -0.05) is 18.2 Å². The lowest BCUT2D eigenvalue weighted by atomic mass is 10.0. The average Bonchev–Trinajstić information content (AvgIpc) is 2.46. The molecule has 0 bridgehead atoms. The van der Waals surface area contributed by atoms with Gasteiger partial charge in [-0.05, 0) is 12.1 Å². The van der Waals surface area contributed by atoms with E-state index in [1.807, 2.05) is 0 Å². The highest BCUT2D eigenvalue weighted by Crippen LogP contribution is 2.13. The second-order valence-corrected chi connectivity index (χ2v) is 4.30. The number of anilines is 1. The Morgan fingerprint density at radius 3 is 2.67 bits per heavy atom. The van der Waals surface area contributed by atoms with Crippen molar-refractivity contribution in [2.75, 3.05) is 11.9 Å². The van der Waals surface area contributed by atoms with E-state index in [2.05, 4.69) is 15.8 Å². The van der Waals surface area contributed by atoms with Crippen LogP contribution in [-0.4, -0.2) is 29.9 Å². The van der Waals surface area contributed by atoms with E-state index in [9.17, 15) is 14.4 Å².